The van der Waals surface area contributed by atoms with Gasteiger partial charge in [-0.15, -0.1) is 0 Å². The Hall–Kier alpha value is -1.94. The van der Waals surface area contributed by atoms with Crippen molar-refractivity contribution in [1.29, 1.82) is 0 Å². The zero-order chi connectivity index (χ0) is 23.2. The van der Waals surface area contributed by atoms with E-state index in [2.05, 4.69) is 31.7 Å². The maximum atomic E-state index is 13.9. The number of aromatic nitrogens is 2. The number of alkyl halides is 3. The van der Waals surface area contributed by atoms with E-state index in [1.807, 2.05) is 0 Å². The molecule has 0 spiro atoms. The molecule has 2 heterocycles. The number of nitrogens with one attached hydrogen (secondary N) is 2. The Labute approximate surface area is 204 Å². The third kappa shape index (κ3) is 4.44. The van der Waals surface area contributed by atoms with E-state index < -0.39 is 24.2 Å². The number of hydrogen-bond donors (Lipinski definition) is 2. The smallest absolute Gasteiger partial charge is 0.362 e. The maximum absolute atomic E-state index is 13.9. The van der Waals surface area contributed by atoms with Crippen molar-refractivity contribution in [3.8, 4) is 0 Å². The molecule has 1 aliphatic heterocycles. The number of hydrogen-bond acceptors (Lipinski definition) is 3. The zero-order valence-corrected chi connectivity index (χ0v) is 19.7. The van der Waals surface area contributed by atoms with E-state index in [4.69, 9.17) is 34.8 Å². The normalized spacial score (nSPS) is 18.1. The van der Waals surface area contributed by atoms with Gasteiger partial charge in [0.25, 0.3) is 5.91 Å². The Morgan fingerprint density at radius 3 is 2.34 bits per heavy atom. The van der Waals surface area contributed by atoms with Crippen LogP contribution in [0.15, 0.2) is 46.9 Å². The second-order valence-electron chi connectivity index (χ2n) is 7.05. The average Bonchev–Trinajstić information content (AvgIpc) is 3.06. The predicted octanol–water partition coefficient (Wildman–Crippen LogP) is 7.52. The van der Waals surface area contributed by atoms with Crippen molar-refractivity contribution >= 4 is 68.1 Å². The quantitative estimate of drug-likeness (QED) is 0.344. The summed E-state index contributed by atoms with van der Waals surface area (Å²) in [5, 5.41) is 9.43. The van der Waals surface area contributed by atoms with Gasteiger partial charge in [0.15, 0.2) is 11.7 Å². The summed E-state index contributed by atoms with van der Waals surface area (Å²) in [5.74, 6) is -0.932. The highest BCUT2D eigenvalue weighted by atomic mass is 79.9. The van der Waals surface area contributed by atoms with Crippen molar-refractivity contribution in [1.82, 2.24) is 9.78 Å². The third-order valence-electron chi connectivity index (χ3n) is 4.98. The Morgan fingerprint density at radius 1 is 1.12 bits per heavy atom. The van der Waals surface area contributed by atoms with Crippen LogP contribution in [-0.2, 0) is 0 Å². The Bertz CT molecular complexity index is 1160. The van der Waals surface area contributed by atoms with Gasteiger partial charge >= 0.3 is 6.18 Å². The molecule has 3 aromatic rings. The second-order valence-corrected chi connectivity index (χ2v) is 9.16. The van der Waals surface area contributed by atoms with Gasteiger partial charge in [0, 0.05) is 10.9 Å². The minimum Gasteiger partial charge on any atom is -0.362 e. The van der Waals surface area contributed by atoms with Gasteiger partial charge < -0.3 is 10.6 Å². The fraction of sp³-hybridized carbons (Fsp3) is 0.200. The van der Waals surface area contributed by atoms with Gasteiger partial charge in [-0.3, -0.25) is 4.79 Å². The molecule has 0 radical (unpaired) electrons. The standard InChI is InChI=1S/C20H13BrCl3F3N4O/c21-10-6-4-9(5-7-10)13-8-14(20(25,26)27)31-18(28-13)15(24)17(30-31)19(32)29-16-11(22)2-1-3-12(16)23/h1-7,13-14,28H,8H2,(H,29,32)/t13-,14+/m1/s1. The highest BCUT2D eigenvalue weighted by Crippen LogP contribution is 2.46. The van der Waals surface area contributed by atoms with E-state index >= 15 is 0 Å². The molecule has 1 aliphatic rings. The zero-order valence-electron chi connectivity index (χ0n) is 15.9. The number of benzene rings is 2. The summed E-state index contributed by atoms with van der Waals surface area (Å²) in [6.45, 7) is 0. The average molecular weight is 569 g/mol. The molecular weight excluding hydrogens is 556 g/mol. The molecule has 2 atom stereocenters. The number of anilines is 2. The first-order valence-electron chi connectivity index (χ1n) is 9.18. The molecule has 2 aromatic carbocycles. The molecule has 0 saturated heterocycles. The van der Waals surface area contributed by atoms with Gasteiger partial charge in [0.1, 0.15) is 10.8 Å². The number of fused-ring (bicyclic) bond motifs is 1. The minimum atomic E-state index is -4.61. The molecule has 5 nitrogen and oxygen atoms in total. The van der Waals surface area contributed by atoms with Crippen molar-refractivity contribution < 1.29 is 18.0 Å². The van der Waals surface area contributed by atoms with Gasteiger partial charge in [-0.1, -0.05) is 68.9 Å². The number of halogens is 7. The fourth-order valence-electron chi connectivity index (χ4n) is 3.44. The van der Waals surface area contributed by atoms with Crippen LogP contribution in [0.3, 0.4) is 0 Å². The van der Waals surface area contributed by atoms with Gasteiger partial charge in [-0.25, -0.2) is 4.68 Å². The van der Waals surface area contributed by atoms with Gasteiger partial charge in [0.2, 0.25) is 0 Å². The number of amides is 1. The molecule has 1 aromatic heterocycles. The van der Waals surface area contributed by atoms with E-state index in [0.29, 0.717) is 10.2 Å². The van der Waals surface area contributed by atoms with E-state index in [9.17, 15) is 18.0 Å². The van der Waals surface area contributed by atoms with Crippen LogP contribution in [0, 0.1) is 0 Å². The van der Waals surface area contributed by atoms with Crippen molar-refractivity contribution in [2.45, 2.75) is 24.7 Å². The van der Waals surface area contributed by atoms with Crippen LogP contribution in [0.2, 0.25) is 15.1 Å². The van der Waals surface area contributed by atoms with Crippen molar-refractivity contribution in [2.75, 3.05) is 10.6 Å². The van der Waals surface area contributed by atoms with Crippen LogP contribution in [0.4, 0.5) is 24.7 Å². The monoisotopic (exact) mass is 566 g/mol. The van der Waals surface area contributed by atoms with Crippen LogP contribution < -0.4 is 10.6 Å². The molecule has 4 rings (SSSR count). The Kier molecular flexibility index (Phi) is 6.37. The van der Waals surface area contributed by atoms with Crippen molar-refractivity contribution in [3.05, 3.63) is 73.3 Å². The summed E-state index contributed by atoms with van der Waals surface area (Å²) in [7, 11) is 0. The molecule has 12 heteroatoms. The van der Waals surface area contributed by atoms with Gasteiger partial charge in [0.05, 0.1) is 21.8 Å². The van der Waals surface area contributed by atoms with E-state index in [1.54, 1.807) is 30.3 Å². The Morgan fingerprint density at radius 2 is 1.75 bits per heavy atom. The lowest BCUT2D eigenvalue weighted by Gasteiger charge is -2.33. The molecule has 0 saturated carbocycles. The first kappa shape index (κ1) is 23.2. The number of para-hydroxylation sites is 1. The van der Waals surface area contributed by atoms with Crippen LogP contribution in [0.5, 0.6) is 0 Å². The van der Waals surface area contributed by atoms with Crippen LogP contribution in [0.1, 0.15) is 34.6 Å². The summed E-state index contributed by atoms with van der Waals surface area (Å²) in [6, 6.07) is 8.83. The lowest BCUT2D eigenvalue weighted by Crippen LogP contribution is -2.35. The summed E-state index contributed by atoms with van der Waals surface area (Å²) in [6.07, 6.45) is -4.94. The summed E-state index contributed by atoms with van der Waals surface area (Å²) in [5.41, 5.74) is 0.367. The van der Waals surface area contributed by atoms with Gasteiger partial charge in [-0.2, -0.15) is 18.3 Å². The molecule has 0 aliphatic carbocycles. The van der Waals surface area contributed by atoms with E-state index in [0.717, 1.165) is 4.47 Å². The molecular formula is C20H13BrCl3F3N4O. The minimum absolute atomic E-state index is 0.0939. The van der Waals surface area contributed by atoms with Crippen LogP contribution >= 0.6 is 50.7 Å². The van der Waals surface area contributed by atoms with Gasteiger partial charge in [-0.05, 0) is 29.8 Å². The molecule has 0 fully saturated rings. The topological polar surface area (TPSA) is 59.0 Å². The molecule has 168 valence electrons. The summed E-state index contributed by atoms with van der Waals surface area (Å²) in [4.78, 5) is 12.8. The van der Waals surface area contributed by atoms with E-state index in [1.165, 1.54) is 12.1 Å². The highest BCUT2D eigenvalue weighted by molar-refractivity contribution is 9.10. The van der Waals surface area contributed by atoms with E-state index in [-0.39, 0.29) is 38.7 Å². The molecule has 32 heavy (non-hydrogen) atoms. The lowest BCUT2D eigenvalue weighted by molar-refractivity contribution is -0.173. The summed E-state index contributed by atoms with van der Waals surface area (Å²) < 4.78 is 43.2. The number of carbonyl (C=O) groups is 1. The number of nitrogens with zero attached hydrogens (tertiary/aromatic N) is 2. The second kappa shape index (κ2) is 8.78. The molecule has 1 amide bonds. The number of rotatable bonds is 3. The van der Waals surface area contributed by atoms with Crippen LogP contribution in [-0.4, -0.2) is 21.9 Å². The lowest BCUT2D eigenvalue weighted by atomic mass is 9.97. The molecule has 2 N–H and O–H groups in total. The summed E-state index contributed by atoms with van der Waals surface area (Å²) >= 11 is 21.8. The maximum Gasteiger partial charge on any atom is 0.410 e. The first-order chi connectivity index (χ1) is 15.1. The molecule has 0 unspecified atom stereocenters. The van der Waals surface area contributed by atoms with Crippen molar-refractivity contribution in [2.24, 2.45) is 0 Å². The fourth-order valence-corrected chi connectivity index (χ4v) is 4.46. The highest BCUT2D eigenvalue weighted by Gasteiger charge is 2.47. The van der Waals surface area contributed by atoms with Crippen molar-refractivity contribution in [3.63, 3.8) is 0 Å². The third-order valence-corrected chi connectivity index (χ3v) is 6.50. The number of carbonyl (C=O) groups excluding carboxylic acids is 1. The largest absolute Gasteiger partial charge is 0.410 e. The Balaban J connectivity index is 1.72. The first-order valence-corrected chi connectivity index (χ1v) is 11.1. The predicted molar refractivity (Wildman–Crippen MR) is 122 cm³/mol. The SMILES string of the molecule is O=C(Nc1c(Cl)cccc1Cl)c1nn2c(c1Cl)N[C@@H](c1ccc(Br)cc1)C[C@H]2C(F)(F)F. The van der Waals surface area contributed by atoms with Crippen LogP contribution in [0.25, 0.3) is 0 Å². The molecule has 0 bridgehead atoms.